The molecule has 2 aromatic heterocycles. The summed E-state index contributed by atoms with van der Waals surface area (Å²) in [6.07, 6.45) is 0.00908. The van der Waals surface area contributed by atoms with Crippen LogP contribution >= 0.6 is 0 Å². The minimum absolute atomic E-state index is 0.00908. The lowest BCUT2D eigenvalue weighted by Crippen LogP contribution is -2.32. The topological polar surface area (TPSA) is 79.3 Å². The highest BCUT2D eigenvalue weighted by atomic mass is 19.1. The van der Waals surface area contributed by atoms with Crippen molar-refractivity contribution < 1.29 is 9.18 Å². The summed E-state index contributed by atoms with van der Waals surface area (Å²) in [6, 6.07) is 13.6. The molecule has 7 heteroatoms. The lowest BCUT2D eigenvalue weighted by molar-refractivity contribution is -0.116. The first kappa shape index (κ1) is 14.8. The zero-order valence-corrected chi connectivity index (χ0v) is 13.5. The molecular formula is C19H13FN4O2. The van der Waals surface area contributed by atoms with Gasteiger partial charge < -0.3 is 5.32 Å². The van der Waals surface area contributed by atoms with Crippen molar-refractivity contribution in [3.8, 4) is 0 Å². The predicted octanol–water partition coefficient (Wildman–Crippen LogP) is 2.79. The summed E-state index contributed by atoms with van der Waals surface area (Å²) in [5, 5.41) is 2.78. The second-order valence-electron chi connectivity index (χ2n) is 6.30. The minimum Gasteiger partial charge on any atom is -0.311 e. The van der Waals surface area contributed by atoms with Gasteiger partial charge >= 0.3 is 0 Å². The molecule has 1 aliphatic heterocycles. The molecule has 2 N–H and O–H groups in total. The molecule has 5 rings (SSSR count). The number of aromatic nitrogens is 3. The summed E-state index contributed by atoms with van der Waals surface area (Å²) in [5.74, 6) is -0.677. The van der Waals surface area contributed by atoms with Crippen LogP contribution in [0.1, 0.15) is 23.5 Å². The number of hydrogen-bond donors (Lipinski definition) is 2. The van der Waals surface area contributed by atoms with Gasteiger partial charge in [-0.2, -0.15) is 0 Å². The first-order valence-corrected chi connectivity index (χ1v) is 8.21. The molecule has 6 nitrogen and oxygen atoms in total. The molecule has 2 aromatic carbocycles. The molecule has 128 valence electrons. The number of nitrogens with zero attached hydrogens (tertiary/aromatic N) is 2. The van der Waals surface area contributed by atoms with Crippen molar-refractivity contribution in [1.82, 2.24) is 14.4 Å². The Hall–Kier alpha value is -3.48. The monoisotopic (exact) mass is 348 g/mol. The normalized spacial score (nSPS) is 16.7. The fourth-order valence-electron chi connectivity index (χ4n) is 3.67. The number of aromatic amines is 1. The summed E-state index contributed by atoms with van der Waals surface area (Å²) in [4.78, 5) is 32.3. The smallest absolute Gasteiger partial charge is 0.258 e. The molecule has 4 aromatic rings. The standard InChI is InChI=1S/C19H13FN4O2/c20-12-6-2-1-5-10(12)11-9-15(25)22-17-16(11)18(26)23-19-21-13-7-3-4-8-14(13)24(17)19/h1-8,11H,9H2,(H,22,25)(H,21,23,26). The van der Waals surface area contributed by atoms with Crippen LogP contribution in [-0.2, 0) is 4.79 Å². The third-order valence-electron chi connectivity index (χ3n) is 4.79. The number of nitrogens with one attached hydrogen (secondary N) is 2. The number of fused-ring (bicyclic) bond motifs is 5. The van der Waals surface area contributed by atoms with Gasteiger partial charge in [0, 0.05) is 12.3 Å². The Morgan fingerprint density at radius 1 is 1.08 bits per heavy atom. The third-order valence-corrected chi connectivity index (χ3v) is 4.79. The van der Waals surface area contributed by atoms with Crippen molar-refractivity contribution in [2.45, 2.75) is 12.3 Å². The van der Waals surface area contributed by atoms with Crippen LogP contribution in [0.25, 0.3) is 16.8 Å². The number of para-hydroxylation sites is 2. The maximum Gasteiger partial charge on any atom is 0.258 e. The molecule has 0 saturated carbocycles. The van der Waals surface area contributed by atoms with Gasteiger partial charge in [-0.3, -0.25) is 19.0 Å². The lowest BCUT2D eigenvalue weighted by atomic mass is 9.86. The summed E-state index contributed by atoms with van der Waals surface area (Å²) >= 11 is 0. The van der Waals surface area contributed by atoms with Crippen molar-refractivity contribution in [3.05, 3.63) is 75.8 Å². The molecule has 0 spiro atoms. The van der Waals surface area contributed by atoms with E-state index in [0.29, 0.717) is 28.2 Å². The Labute approximate surface area is 146 Å². The van der Waals surface area contributed by atoms with Crippen LogP contribution < -0.4 is 10.9 Å². The molecule has 26 heavy (non-hydrogen) atoms. The molecule has 0 saturated heterocycles. The van der Waals surface area contributed by atoms with Gasteiger partial charge in [-0.25, -0.2) is 9.37 Å². The molecule has 0 radical (unpaired) electrons. The van der Waals surface area contributed by atoms with Crippen molar-refractivity contribution in [2.24, 2.45) is 0 Å². The molecule has 1 unspecified atom stereocenters. The SMILES string of the molecule is O=C1CC(c2ccccc2F)c2c(n3c(nc4ccccc43)[nH]c2=O)N1. The van der Waals surface area contributed by atoms with Gasteiger partial charge in [0.2, 0.25) is 11.7 Å². The Kier molecular flexibility index (Phi) is 3.00. The van der Waals surface area contributed by atoms with Gasteiger partial charge in [0.25, 0.3) is 5.56 Å². The summed E-state index contributed by atoms with van der Waals surface area (Å²) in [5.41, 5.74) is 1.74. The number of amides is 1. The van der Waals surface area contributed by atoms with Gasteiger partial charge in [-0.1, -0.05) is 30.3 Å². The summed E-state index contributed by atoms with van der Waals surface area (Å²) in [6.45, 7) is 0. The van der Waals surface area contributed by atoms with E-state index in [9.17, 15) is 14.0 Å². The van der Waals surface area contributed by atoms with Gasteiger partial charge in [-0.15, -0.1) is 0 Å². The Bertz CT molecular complexity index is 1260. The Morgan fingerprint density at radius 3 is 2.69 bits per heavy atom. The van der Waals surface area contributed by atoms with E-state index in [0.717, 1.165) is 5.52 Å². The van der Waals surface area contributed by atoms with Crippen LogP contribution in [0, 0.1) is 5.82 Å². The lowest BCUT2D eigenvalue weighted by Gasteiger charge is -2.26. The van der Waals surface area contributed by atoms with Crippen molar-refractivity contribution in [1.29, 1.82) is 0 Å². The average Bonchev–Trinajstić information content (AvgIpc) is 2.99. The number of halogens is 1. The number of imidazole rings is 1. The van der Waals surface area contributed by atoms with E-state index < -0.39 is 11.7 Å². The van der Waals surface area contributed by atoms with Crippen LogP contribution in [0.5, 0.6) is 0 Å². The van der Waals surface area contributed by atoms with E-state index in [1.165, 1.54) is 6.07 Å². The molecule has 1 amide bonds. The van der Waals surface area contributed by atoms with E-state index in [1.807, 2.05) is 24.3 Å². The maximum atomic E-state index is 14.4. The molecule has 1 atom stereocenters. The zero-order valence-electron chi connectivity index (χ0n) is 13.5. The van der Waals surface area contributed by atoms with E-state index >= 15 is 0 Å². The highest BCUT2D eigenvalue weighted by Gasteiger charge is 2.33. The summed E-state index contributed by atoms with van der Waals surface area (Å²) in [7, 11) is 0. The first-order chi connectivity index (χ1) is 12.6. The fourth-order valence-corrected chi connectivity index (χ4v) is 3.67. The molecule has 0 aliphatic carbocycles. The van der Waals surface area contributed by atoms with Crippen LogP contribution in [0.3, 0.4) is 0 Å². The molecule has 0 bridgehead atoms. The number of rotatable bonds is 1. The minimum atomic E-state index is -0.658. The summed E-state index contributed by atoms with van der Waals surface area (Å²) < 4.78 is 16.1. The largest absolute Gasteiger partial charge is 0.311 e. The van der Waals surface area contributed by atoms with Gasteiger partial charge in [0.05, 0.1) is 16.6 Å². The Balaban J connectivity index is 1.89. The van der Waals surface area contributed by atoms with Crippen LogP contribution in [-0.4, -0.2) is 20.3 Å². The number of hydrogen-bond acceptors (Lipinski definition) is 3. The highest BCUT2D eigenvalue weighted by molar-refractivity contribution is 5.96. The molecular weight excluding hydrogens is 335 g/mol. The average molecular weight is 348 g/mol. The van der Waals surface area contributed by atoms with Gasteiger partial charge in [0.1, 0.15) is 11.6 Å². The van der Waals surface area contributed by atoms with Crippen LogP contribution in [0.2, 0.25) is 0 Å². The maximum absolute atomic E-state index is 14.4. The van der Waals surface area contributed by atoms with E-state index in [1.54, 1.807) is 22.6 Å². The van der Waals surface area contributed by atoms with E-state index in [2.05, 4.69) is 15.3 Å². The van der Waals surface area contributed by atoms with Gasteiger partial charge in [-0.05, 0) is 23.8 Å². The second-order valence-corrected chi connectivity index (χ2v) is 6.30. The van der Waals surface area contributed by atoms with Crippen molar-refractivity contribution in [2.75, 3.05) is 5.32 Å². The predicted molar refractivity (Wildman–Crippen MR) is 94.8 cm³/mol. The fraction of sp³-hybridized carbons (Fsp3) is 0.105. The molecule has 0 fully saturated rings. The zero-order chi connectivity index (χ0) is 17.8. The highest BCUT2D eigenvalue weighted by Crippen LogP contribution is 2.36. The van der Waals surface area contributed by atoms with Crippen molar-refractivity contribution >= 4 is 28.5 Å². The number of benzene rings is 2. The quantitative estimate of drug-likeness (QED) is 0.555. The van der Waals surface area contributed by atoms with E-state index in [4.69, 9.17) is 0 Å². The number of carbonyl (C=O) groups is 1. The second kappa shape index (κ2) is 5.26. The first-order valence-electron chi connectivity index (χ1n) is 8.21. The molecule has 3 heterocycles. The van der Waals surface area contributed by atoms with Crippen LogP contribution in [0.15, 0.2) is 53.3 Å². The Morgan fingerprint density at radius 2 is 1.85 bits per heavy atom. The van der Waals surface area contributed by atoms with E-state index in [-0.39, 0.29) is 17.9 Å². The number of H-pyrrole nitrogens is 1. The van der Waals surface area contributed by atoms with Crippen LogP contribution in [0.4, 0.5) is 10.2 Å². The van der Waals surface area contributed by atoms with Crippen molar-refractivity contribution in [3.63, 3.8) is 0 Å². The number of carbonyl (C=O) groups excluding carboxylic acids is 1. The number of anilines is 1. The van der Waals surface area contributed by atoms with Gasteiger partial charge in [0.15, 0.2) is 0 Å². The molecule has 1 aliphatic rings. The third kappa shape index (κ3) is 2.00.